The van der Waals surface area contributed by atoms with Crippen molar-refractivity contribution in [2.45, 2.75) is 32.2 Å². The van der Waals surface area contributed by atoms with Crippen molar-refractivity contribution in [3.05, 3.63) is 69.4 Å². The zero-order valence-electron chi connectivity index (χ0n) is 16.7. The number of carboxylic acid groups (broad SMARTS) is 1. The lowest BCUT2D eigenvalue weighted by atomic mass is 10.1. The highest BCUT2D eigenvalue weighted by molar-refractivity contribution is 7.14. The molecule has 0 bridgehead atoms. The number of nitrogens with one attached hydrogen (secondary N) is 2. The first-order valence-corrected chi connectivity index (χ1v) is 10.3. The second kappa shape index (κ2) is 10.4. The van der Waals surface area contributed by atoms with E-state index in [0.717, 1.165) is 35.5 Å². The van der Waals surface area contributed by atoms with Gasteiger partial charge in [0.2, 0.25) is 0 Å². The van der Waals surface area contributed by atoms with Crippen molar-refractivity contribution in [2.75, 3.05) is 6.54 Å². The highest BCUT2D eigenvalue weighted by Crippen LogP contribution is 2.25. The summed E-state index contributed by atoms with van der Waals surface area (Å²) in [4.78, 5) is 27.3. The number of alkyl halides is 3. The molecule has 0 fully saturated rings. The number of halogens is 3. The van der Waals surface area contributed by atoms with Crippen LogP contribution in [0.15, 0.2) is 43.0 Å². The van der Waals surface area contributed by atoms with Crippen molar-refractivity contribution in [1.29, 1.82) is 0 Å². The lowest BCUT2D eigenvalue weighted by Gasteiger charge is -2.10. The van der Waals surface area contributed by atoms with E-state index in [1.54, 1.807) is 22.3 Å². The topological polar surface area (TPSA) is 109 Å². The third-order valence-corrected chi connectivity index (χ3v) is 5.73. The average molecular weight is 467 g/mol. The maximum Gasteiger partial charge on any atom is 0.490 e. The highest BCUT2D eigenvalue weighted by atomic mass is 32.1. The number of aromatic nitrogens is 3. The molecule has 0 radical (unpaired) electrons. The van der Waals surface area contributed by atoms with Gasteiger partial charge in [0, 0.05) is 24.5 Å². The minimum atomic E-state index is -5.08. The molecule has 0 unspecified atom stereocenters. The molecule has 0 atom stereocenters. The van der Waals surface area contributed by atoms with E-state index in [-0.39, 0.29) is 5.91 Å². The third-order valence-electron chi connectivity index (χ3n) is 4.49. The van der Waals surface area contributed by atoms with Crippen molar-refractivity contribution in [3.8, 4) is 0 Å². The molecule has 12 heteroatoms. The van der Waals surface area contributed by atoms with Gasteiger partial charge >= 0.3 is 12.1 Å². The van der Waals surface area contributed by atoms with E-state index in [9.17, 15) is 18.0 Å². The van der Waals surface area contributed by atoms with E-state index in [1.807, 2.05) is 18.2 Å². The maximum atomic E-state index is 12.4. The van der Waals surface area contributed by atoms with E-state index < -0.39 is 12.1 Å². The lowest BCUT2D eigenvalue weighted by Crippen LogP contribution is -2.22. The molecule has 1 aromatic carbocycles. The van der Waals surface area contributed by atoms with Crippen LogP contribution in [-0.4, -0.2) is 44.5 Å². The molecule has 0 saturated carbocycles. The zero-order chi connectivity index (χ0) is 23.1. The van der Waals surface area contributed by atoms with Crippen molar-refractivity contribution in [2.24, 2.45) is 0 Å². The van der Waals surface area contributed by atoms with Crippen molar-refractivity contribution >= 4 is 23.2 Å². The molecule has 3 N–H and O–H groups in total. The lowest BCUT2D eigenvalue weighted by molar-refractivity contribution is -0.192. The molecule has 0 spiro atoms. The van der Waals surface area contributed by atoms with Gasteiger partial charge in [-0.15, -0.1) is 11.3 Å². The summed E-state index contributed by atoms with van der Waals surface area (Å²) in [5.41, 5.74) is 3.50. The Hall–Kier alpha value is -3.25. The minimum absolute atomic E-state index is 0.00564. The van der Waals surface area contributed by atoms with Gasteiger partial charge in [0.15, 0.2) is 0 Å². The Kier molecular flexibility index (Phi) is 7.59. The molecule has 170 valence electrons. The van der Waals surface area contributed by atoms with Gasteiger partial charge < -0.3 is 15.7 Å². The van der Waals surface area contributed by atoms with Crippen LogP contribution in [0.25, 0.3) is 0 Å². The molecule has 1 amide bonds. The molecule has 32 heavy (non-hydrogen) atoms. The van der Waals surface area contributed by atoms with Gasteiger partial charge in [-0.1, -0.05) is 24.3 Å². The van der Waals surface area contributed by atoms with Crippen LogP contribution in [-0.2, 0) is 30.8 Å². The Bertz CT molecular complexity index is 1030. The Balaban J connectivity index is 0.000000360. The van der Waals surface area contributed by atoms with Crippen molar-refractivity contribution in [3.63, 3.8) is 0 Å². The van der Waals surface area contributed by atoms with E-state index >= 15 is 0 Å². The molecule has 2 aromatic heterocycles. The van der Waals surface area contributed by atoms with Crippen molar-refractivity contribution < 1.29 is 27.9 Å². The molecule has 0 saturated heterocycles. The van der Waals surface area contributed by atoms with Gasteiger partial charge in [0.1, 0.15) is 12.7 Å². The minimum Gasteiger partial charge on any atom is -0.475 e. The summed E-state index contributed by atoms with van der Waals surface area (Å²) in [6, 6.07) is 10.2. The number of thiophene rings is 1. The van der Waals surface area contributed by atoms with Crippen LogP contribution in [0.1, 0.15) is 31.2 Å². The molecular formula is C20H20F3N5O3S. The summed E-state index contributed by atoms with van der Waals surface area (Å²) in [5, 5.41) is 17.6. The third kappa shape index (κ3) is 6.62. The molecule has 3 heterocycles. The molecule has 3 aromatic rings. The largest absolute Gasteiger partial charge is 0.490 e. The monoisotopic (exact) mass is 467 g/mol. The van der Waals surface area contributed by atoms with E-state index in [0.29, 0.717) is 13.1 Å². The summed E-state index contributed by atoms with van der Waals surface area (Å²) in [6.07, 6.45) is -0.840. The second-order valence-corrected chi connectivity index (χ2v) is 8.02. The molecule has 1 aliphatic rings. The van der Waals surface area contributed by atoms with Crippen LogP contribution < -0.4 is 10.6 Å². The summed E-state index contributed by atoms with van der Waals surface area (Å²) in [6.45, 7) is 3.09. The number of carbonyl (C=O) groups is 2. The molecule has 0 aliphatic carbocycles. The fraction of sp³-hybridized carbons (Fsp3) is 0.300. The number of carbonyl (C=O) groups excluding carboxylic acids is 1. The number of nitrogens with zero attached hydrogens (tertiary/aromatic N) is 3. The number of hydrogen-bond acceptors (Lipinski definition) is 6. The number of benzene rings is 1. The summed E-state index contributed by atoms with van der Waals surface area (Å²) < 4.78 is 33.5. The number of rotatable bonds is 5. The number of carboxylic acids is 1. The standard InChI is InChI=1S/C18H19N5OS.C2HF3O2/c24-18(17-7-15-9-19-6-5-16(15)25-17)21-8-13-1-3-14(4-2-13)10-23-12-20-11-22-23;3-2(4,5)1(6)7/h1-4,7,11-12,19H,5-6,8-10H2,(H,21,24);(H,6,7). The number of aliphatic carboxylic acids is 1. The predicted octanol–water partition coefficient (Wildman–Crippen LogP) is 2.60. The quantitative estimate of drug-likeness (QED) is 0.532. The van der Waals surface area contributed by atoms with Crippen LogP contribution in [0.2, 0.25) is 0 Å². The van der Waals surface area contributed by atoms with E-state index in [2.05, 4.69) is 32.8 Å². The van der Waals surface area contributed by atoms with Gasteiger partial charge in [0.05, 0.1) is 11.4 Å². The first kappa shape index (κ1) is 23.4. The normalized spacial score (nSPS) is 13.0. The fourth-order valence-corrected chi connectivity index (χ4v) is 4.00. The first-order valence-electron chi connectivity index (χ1n) is 9.53. The Morgan fingerprint density at radius 1 is 1.22 bits per heavy atom. The fourth-order valence-electron chi connectivity index (χ4n) is 2.90. The summed E-state index contributed by atoms with van der Waals surface area (Å²) in [5.74, 6) is -2.75. The van der Waals surface area contributed by atoms with Crippen LogP contribution in [0.3, 0.4) is 0 Å². The van der Waals surface area contributed by atoms with Gasteiger partial charge in [-0.05, 0) is 29.2 Å². The average Bonchev–Trinajstić information content (AvgIpc) is 3.42. The number of amides is 1. The smallest absolute Gasteiger partial charge is 0.475 e. The summed E-state index contributed by atoms with van der Waals surface area (Å²) >= 11 is 1.62. The van der Waals surface area contributed by atoms with E-state index in [4.69, 9.17) is 9.90 Å². The SMILES string of the molecule is O=C(NCc1ccc(Cn2cncn2)cc1)c1cc2c(s1)CCNC2.O=C(O)C(F)(F)F. The van der Waals surface area contributed by atoms with Gasteiger partial charge in [-0.25, -0.2) is 14.5 Å². The summed E-state index contributed by atoms with van der Waals surface area (Å²) in [7, 11) is 0. The van der Waals surface area contributed by atoms with Gasteiger partial charge in [-0.3, -0.25) is 4.79 Å². The Morgan fingerprint density at radius 3 is 2.50 bits per heavy atom. The molecule has 1 aliphatic heterocycles. The molecule has 4 rings (SSSR count). The van der Waals surface area contributed by atoms with Crippen LogP contribution in [0.5, 0.6) is 0 Å². The van der Waals surface area contributed by atoms with Gasteiger partial charge in [-0.2, -0.15) is 18.3 Å². The molecule has 8 nitrogen and oxygen atoms in total. The number of hydrogen-bond donors (Lipinski definition) is 3. The first-order chi connectivity index (χ1) is 15.2. The molecular weight excluding hydrogens is 447 g/mol. The van der Waals surface area contributed by atoms with Crippen LogP contribution in [0.4, 0.5) is 13.2 Å². The number of fused-ring (bicyclic) bond motifs is 1. The van der Waals surface area contributed by atoms with Crippen molar-refractivity contribution in [1.82, 2.24) is 25.4 Å². The van der Waals surface area contributed by atoms with E-state index in [1.165, 1.54) is 16.8 Å². The Labute approximate surface area is 185 Å². The second-order valence-electron chi connectivity index (χ2n) is 6.88. The Morgan fingerprint density at radius 2 is 1.91 bits per heavy atom. The predicted molar refractivity (Wildman–Crippen MR) is 110 cm³/mol. The van der Waals surface area contributed by atoms with Crippen LogP contribution >= 0.6 is 11.3 Å². The highest BCUT2D eigenvalue weighted by Gasteiger charge is 2.38. The zero-order valence-corrected chi connectivity index (χ0v) is 17.5. The maximum absolute atomic E-state index is 12.4. The van der Waals surface area contributed by atoms with Crippen LogP contribution in [0, 0.1) is 0 Å². The van der Waals surface area contributed by atoms with Gasteiger partial charge in [0.25, 0.3) is 5.91 Å².